The molecule has 0 spiro atoms. The van der Waals surface area contributed by atoms with Gasteiger partial charge in [-0.2, -0.15) is 0 Å². The van der Waals surface area contributed by atoms with Crippen LogP contribution in [-0.4, -0.2) is 17.1 Å². The molecule has 0 amide bonds. The van der Waals surface area contributed by atoms with E-state index in [1.54, 1.807) is 13.2 Å². The molecule has 5 nitrogen and oxygen atoms in total. The van der Waals surface area contributed by atoms with Crippen molar-refractivity contribution in [2.45, 2.75) is 20.5 Å². The largest absolute Gasteiger partial charge is 0.493 e. The van der Waals surface area contributed by atoms with E-state index in [0.29, 0.717) is 23.8 Å². The molecule has 24 heavy (non-hydrogen) atoms. The number of H-pyrrole nitrogens is 1. The second-order valence-electron chi connectivity index (χ2n) is 5.66. The standard InChI is InChI=1S/C19H21N3O2/c1-12-13(2)22-19(21-12)15-9-17(23-3)18(10-16(15)20)24-11-14-7-5-4-6-8-14/h4-10H,11,20H2,1-3H3,(H,21,22). The Balaban J connectivity index is 1.90. The van der Waals surface area contributed by atoms with Gasteiger partial charge < -0.3 is 20.2 Å². The number of methoxy groups -OCH3 is 1. The van der Waals surface area contributed by atoms with Gasteiger partial charge in [0.2, 0.25) is 0 Å². The smallest absolute Gasteiger partial charge is 0.163 e. The van der Waals surface area contributed by atoms with E-state index < -0.39 is 0 Å². The number of nitrogens with one attached hydrogen (secondary N) is 1. The quantitative estimate of drug-likeness (QED) is 0.699. The van der Waals surface area contributed by atoms with Gasteiger partial charge in [0.1, 0.15) is 12.4 Å². The fraction of sp³-hybridized carbons (Fsp3) is 0.211. The van der Waals surface area contributed by atoms with Gasteiger partial charge in [0.05, 0.1) is 12.8 Å². The number of nitrogen functional groups attached to an aromatic ring is 1. The van der Waals surface area contributed by atoms with Crippen molar-refractivity contribution in [3.05, 3.63) is 59.4 Å². The van der Waals surface area contributed by atoms with Crippen LogP contribution in [0.5, 0.6) is 11.5 Å². The number of imidazole rings is 1. The summed E-state index contributed by atoms with van der Waals surface area (Å²) in [6.45, 7) is 4.39. The lowest BCUT2D eigenvalue weighted by Gasteiger charge is -2.13. The summed E-state index contributed by atoms with van der Waals surface area (Å²) in [7, 11) is 1.61. The minimum atomic E-state index is 0.453. The van der Waals surface area contributed by atoms with Gasteiger partial charge >= 0.3 is 0 Å². The molecular formula is C19H21N3O2. The molecule has 2 aromatic carbocycles. The zero-order chi connectivity index (χ0) is 17.1. The molecule has 1 heterocycles. The maximum atomic E-state index is 6.21. The van der Waals surface area contributed by atoms with Crippen molar-refractivity contribution in [1.29, 1.82) is 0 Å². The zero-order valence-electron chi connectivity index (χ0n) is 14.1. The van der Waals surface area contributed by atoms with E-state index in [1.807, 2.05) is 50.2 Å². The van der Waals surface area contributed by atoms with Crippen LogP contribution < -0.4 is 15.2 Å². The van der Waals surface area contributed by atoms with Gasteiger partial charge in [0, 0.05) is 23.0 Å². The van der Waals surface area contributed by atoms with E-state index in [4.69, 9.17) is 15.2 Å². The minimum Gasteiger partial charge on any atom is -0.493 e. The lowest BCUT2D eigenvalue weighted by atomic mass is 10.1. The van der Waals surface area contributed by atoms with Crippen LogP contribution in [0.1, 0.15) is 17.0 Å². The van der Waals surface area contributed by atoms with Crippen molar-refractivity contribution in [2.75, 3.05) is 12.8 Å². The molecule has 5 heteroatoms. The Kier molecular flexibility index (Phi) is 4.42. The zero-order valence-corrected chi connectivity index (χ0v) is 14.1. The fourth-order valence-corrected chi connectivity index (χ4v) is 2.46. The van der Waals surface area contributed by atoms with Crippen LogP contribution in [0, 0.1) is 13.8 Å². The van der Waals surface area contributed by atoms with E-state index in [1.165, 1.54) is 0 Å². The van der Waals surface area contributed by atoms with Crippen molar-refractivity contribution in [1.82, 2.24) is 9.97 Å². The summed E-state index contributed by atoms with van der Waals surface area (Å²) in [6.07, 6.45) is 0. The van der Waals surface area contributed by atoms with Gasteiger partial charge in [-0.3, -0.25) is 0 Å². The van der Waals surface area contributed by atoms with Crippen molar-refractivity contribution >= 4 is 5.69 Å². The summed E-state index contributed by atoms with van der Waals surface area (Å²) >= 11 is 0. The van der Waals surface area contributed by atoms with E-state index in [2.05, 4.69) is 9.97 Å². The van der Waals surface area contributed by atoms with Gasteiger partial charge in [0.15, 0.2) is 11.5 Å². The molecular weight excluding hydrogens is 302 g/mol. The summed E-state index contributed by atoms with van der Waals surface area (Å²) in [4.78, 5) is 7.75. The molecule has 3 aromatic rings. The fourth-order valence-electron chi connectivity index (χ4n) is 2.46. The third kappa shape index (κ3) is 3.20. The minimum absolute atomic E-state index is 0.453. The van der Waals surface area contributed by atoms with Crippen LogP contribution in [0.15, 0.2) is 42.5 Å². The SMILES string of the molecule is COc1cc(-c2nc(C)c(C)[nH]2)c(N)cc1OCc1ccccc1. The molecule has 0 aliphatic rings. The number of nitrogens with zero attached hydrogens (tertiary/aromatic N) is 1. The van der Waals surface area contributed by atoms with Crippen LogP contribution >= 0.6 is 0 Å². The predicted octanol–water partition coefficient (Wildman–Crippen LogP) is 3.86. The topological polar surface area (TPSA) is 73.2 Å². The van der Waals surface area contributed by atoms with E-state index in [-0.39, 0.29) is 0 Å². The molecule has 0 aliphatic heterocycles. The van der Waals surface area contributed by atoms with Gasteiger partial charge in [-0.05, 0) is 25.5 Å². The highest BCUT2D eigenvalue weighted by Crippen LogP contribution is 2.37. The van der Waals surface area contributed by atoms with E-state index in [0.717, 1.165) is 28.3 Å². The molecule has 0 atom stereocenters. The van der Waals surface area contributed by atoms with Gasteiger partial charge in [-0.25, -0.2) is 4.98 Å². The number of hydrogen-bond donors (Lipinski definition) is 2. The number of aryl methyl sites for hydroxylation is 2. The molecule has 0 fully saturated rings. The first kappa shape index (κ1) is 15.9. The molecule has 3 N–H and O–H groups in total. The molecule has 0 saturated heterocycles. The highest BCUT2D eigenvalue weighted by Gasteiger charge is 2.14. The Morgan fingerprint density at radius 3 is 2.46 bits per heavy atom. The first-order valence-corrected chi connectivity index (χ1v) is 7.76. The number of hydrogen-bond acceptors (Lipinski definition) is 4. The maximum absolute atomic E-state index is 6.21. The highest BCUT2D eigenvalue weighted by molar-refractivity contribution is 5.76. The average molecular weight is 323 g/mol. The van der Waals surface area contributed by atoms with E-state index in [9.17, 15) is 0 Å². The third-order valence-corrected chi connectivity index (χ3v) is 3.96. The van der Waals surface area contributed by atoms with Crippen LogP contribution in [0.3, 0.4) is 0 Å². The maximum Gasteiger partial charge on any atom is 0.163 e. The highest BCUT2D eigenvalue weighted by atomic mass is 16.5. The van der Waals surface area contributed by atoms with Crippen LogP contribution in [0.25, 0.3) is 11.4 Å². The number of anilines is 1. The number of aromatic amines is 1. The Morgan fingerprint density at radius 1 is 1.08 bits per heavy atom. The molecule has 124 valence electrons. The molecule has 0 unspecified atom stereocenters. The Labute approximate surface area is 141 Å². The monoisotopic (exact) mass is 323 g/mol. The second-order valence-corrected chi connectivity index (χ2v) is 5.66. The van der Waals surface area contributed by atoms with Crippen molar-refractivity contribution in [2.24, 2.45) is 0 Å². The molecule has 0 saturated carbocycles. The van der Waals surface area contributed by atoms with Crippen molar-refractivity contribution in [3.8, 4) is 22.9 Å². The Hall–Kier alpha value is -2.95. The number of benzene rings is 2. The Bertz CT molecular complexity index is 822. The first-order valence-electron chi connectivity index (χ1n) is 7.76. The third-order valence-electron chi connectivity index (χ3n) is 3.96. The van der Waals surface area contributed by atoms with Crippen molar-refractivity contribution in [3.63, 3.8) is 0 Å². The number of aromatic nitrogens is 2. The number of ether oxygens (including phenoxy) is 2. The average Bonchev–Trinajstić information content (AvgIpc) is 2.92. The predicted molar refractivity (Wildman–Crippen MR) is 95.2 cm³/mol. The Morgan fingerprint density at radius 2 is 1.83 bits per heavy atom. The lowest BCUT2D eigenvalue weighted by Crippen LogP contribution is -2.00. The van der Waals surface area contributed by atoms with Crippen LogP contribution in [-0.2, 0) is 6.61 Å². The number of nitrogens with two attached hydrogens (primary N) is 1. The summed E-state index contributed by atoms with van der Waals surface area (Å²) in [5.74, 6) is 1.97. The van der Waals surface area contributed by atoms with Crippen LogP contribution in [0.4, 0.5) is 5.69 Å². The normalized spacial score (nSPS) is 10.6. The van der Waals surface area contributed by atoms with Crippen LogP contribution in [0.2, 0.25) is 0 Å². The molecule has 1 aromatic heterocycles. The summed E-state index contributed by atoms with van der Waals surface area (Å²) < 4.78 is 11.3. The molecule has 3 rings (SSSR count). The summed E-state index contributed by atoms with van der Waals surface area (Å²) in [6, 6.07) is 13.6. The molecule has 0 radical (unpaired) electrons. The summed E-state index contributed by atoms with van der Waals surface area (Å²) in [5.41, 5.74) is 10.7. The molecule has 0 bridgehead atoms. The van der Waals surface area contributed by atoms with Crippen molar-refractivity contribution < 1.29 is 9.47 Å². The summed E-state index contributed by atoms with van der Waals surface area (Å²) in [5, 5.41) is 0. The number of rotatable bonds is 5. The van der Waals surface area contributed by atoms with Gasteiger partial charge in [-0.15, -0.1) is 0 Å². The lowest BCUT2D eigenvalue weighted by molar-refractivity contribution is 0.285. The van der Waals surface area contributed by atoms with Gasteiger partial charge in [0.25, 0.3) is 0 Å². The first-order chi connectivity index (χ1) is 11.6. The van der Waals surface area contributed by atoms with Gasteiger partial charge in [-0.1, -0.05) is 30.3 Å². The second kappa shape index (κ2) is 6.66. The van der Waals surface area contributed by atoms with E-state index >= 15 is 0 Å². The molecule has 0 aliphatic carbocycles.